The predicted molar refractivity (Wildman–Crippen MR) is 67.8 cm³/mol. The number of amides is 1. The average Bonchev–Trinajstić information content (AvgIpc) is 2.88. The van der Waals surface area contributed by atoms with Crippen molar-refractivity contribution in [3.63, 3.8) is 0 Å². The summed E-state index contributed by atoms with van der Waals surface area (Å²) >= 11 is 0. The number of rotatable bonds is 3. The van der Waals surface area contributed by atoms with E-state index in [2.05, 4.69) is 5.32 Å². The lowest BCUT2D eigenvalue weighted by molar-refractivity contribution is -0.204. The van der Waals surface area contributed by atoms with Crippen molar-refractivity contribution in [2.75, 3.05) is 0 Å². The van der Waals surface area contributed by atoms with Crippen LogP contribution in [0.4, 0.5) is 13.2 Å². The maximum absolute atomic E-state index is 13.4. The molecule has 1 saturated heterocycles. The third-order valence-corrected chi connectivity index (χ3v) is 5.15. The van der Waals surface area contributed by atoms with E-state index in [-0.39, 0.29) is 24.7 Å². The summed E-state index contributed by atoms with van der Waals surface area (Å²) in [6.07, 6.45) is -0.110. The van der Waals surface area contributed by atoms with E-state index in [1.165, 1.54) is 4.90 Å². The zero-order chi connectivity index (χ0) is 14.5. The van der Waals surface area contributed by atoms with Crippen molar-refractivity contribution in [2.24, 2.45) is 5.92 Å². The molecule has 1 aliphatic heterocycles. The van der Waals surface area contributed by atoms with Gasteiger partial charge in [-0.2, -0.15) is 13.2 Å². The van der Waals surface area contributed by atoms with E-state index in [1.807, 2.05) is 6.92 Å². The topological polar surface area (TPSA) is 32.3 Å². The van der Waals surface area contributed by atoms with E-state index in [1.54, 1.807) is 0 Å². The van der Waals surface area contributed by atoms with E-state index >= 15 is 0 Å². The zero-order valence-electron chi connectivity index (χ0n) is 11.7. The molecule has 2 unspecified atom stereocenters. The van der Waals surface area contributed by atoms with Crippen LogP contribution in [0.1, 0.15) is 51.9 Å². The van der Waals surface area contributed by atoms with E-state index in [0.717, 1.165) is 25.7 Å². The van der Waals surface area contributed by atoms with Crippen LogP contribution in [0.2, 0.25) is 0 Å². The Labute approximate surface area is 116 Å². The third-order valence-electron chi connectivity index (χ3n) is 5.15. The van der Waals surface area contributed by atoms with Crippen LogP contribution in [0.5, 0.6) is 0 Å². The van der Waals surface area contributed by atoms with Gasteiger partial charge in [0.15, 0.2) is 0 Å². The summed E-state index contributed by atoms with van der Waals surface area (Å²) in [5, 5.41) is 3.18. The first-order chi connectivity index (χ1) is 9.40. The Morgan fingerprint density at radius 1 is 1.30 bits per heavy atom. The molecule has 0 spiro atoms. The number of halogens is 3. The second-order valence-electron chi connectivity index (χ2n) is 6.35. The van der Waals surface area contributed by atoms with Gasteiger partial charge in [-0.1, -0.05) is 19.8 Å². The fourth-order valence-corrected chi connectivity index (χ4v) is 3.83. The fraction of sp³-hybridized carbons (Fsp3) is 0.929. The van der Waals surface area contributed by atoms with Gasteiger partial charge in [0.2, 0.25) is 5.91 Å². The Morgan fingerprint density at radius 3 is 2.35 bits per heavy atom. The van der Waals surface area contributed by atoms with Gasteiger partial charge in [0.25, 0.3) is 0 Å². The molecule has 1 amide bonds. The summed E-state index contributed by atoms with van der Waals surface area (Å²) in [5.41, 5.74) is -1.88. The highest BCUT2D eigenvalue weighted by molar-refractivity contribution is 5.85. The van der Waals surface area contributed by atoms with Gasteiger partial charge in [-0.25, -0.2) is 0 Å². The minimum Gasteiger partial charge on any atom is -0.311 e. The summed E-state index contributed by atoms with van der Waals surface area (Å²) in [4.78, 5) is 13.6. The van der Waals surface area contributed by atoms with Crippen molar-refractivity contribution in [1.82, 2.24) is 10.2 Å². The molecule has 114 valence electrons. The molecule has 0 aromatic heterocycles. The molecule has 1 heterocycles. The lowest BCUT2D eigenvalue weighted by Crippen LogP contribution is -2.55. The Balaban J connectivity index is 1.90. The van der Waals surface area contributed by atoms with Crippen molar-refractivity contribution in [3.05, 3.63) is 0 Å². The SMILES string of the molecule is CCC1NC(C2CCCC2)N(C2(C(F)(F)F)CC2)C1=O. The van der Waals surface area contributed by atoms with Gasteiger partial charge in [-0.15, -0.1) is 0 Å². The molecule has 6 heteroatoms. The molecule has 3 aliphatic rings. The van der Waals surface area contributed by atoms with E-state index in [4.69, 9.17) is 0 Å². The van der Waals surface area contributed by atoms with Crippen LogP contribution in [0.3, 0.4) is 0 Å². The molecular formula is C14H21F3N2O. The van der Waals surface area contributed by atoms with Gasteiger partial charge in [0.1, 0.15) is 5.54 Å². The molecular weight excluding hydrogens is 269 g/mol. The number of carbonyl (C=O) groups is 1. The van der Waals surface area contributed by atoms with Gasteiger partial charge >= 0.3 is 6.18 Å². The third kappa shape index (κ3) is 1.95. The molecule has 3 rings (SSSR count). The molecule has 0 bridgehead atoms. The van der Waals surface area contributed by atoms with Crippen molar-refractivity contribution >= 4 is 5.91 Å². The van der Waals surface area contributed by atoms with Gasteiger partial charge in [-0.3, -0.25) is 10.1 Å². The van der Waals surface area contributed by atoms with Gasteiger partial charge in [-0.05, 0) is 38.0 Å². The second kappa shape index (κ2) is 4.61. The van der Waals surface area contributed by atoms with Crippen LogP contribution < -0.4 is 5.32 Å². The Kier molecular flexibility index (Phi) is 3.27. The van der Waals surface area contributed by atoms with Crippen molar-refractivity contribution in [1.29, 1.82) is 0 Å². The maximum Gasteiger partial charge on any atom is 0.411 e. The van der Waals surface area contributed by atoms with E-state index in [9.17, 15) is 18.0 Å². The molecule has 0 aromatic carbocycles. The van der Waals surface area contributed by atoms with Crippen LogP contribution in [0.25, 0.3) is 0 Å². The first kappa shape index (κ1) is 14.2. The number of nitrogens with zero attached hydrogens (tertiary/aromatic N) is 1. The lowest BCUT2D eigenvalue weighted by Gasteiger charge is -2.37. The highest BCUT2D eigenvalue weighted by Crippen LogP contribution is 2.56. The molecule has 0 aromatic rings. The first-order valence-electron chi connectivity index (χ1n) is 7.56. The summed E-state index contributed by atoms with van der Waals surface area (Å²) in [6, 6.07) is -0.444. The molecule has 2 atom stereocenters. The largest absolute Gasteiger partial charge is 0.411 e. The van der Waals surface area contributed by atoms with Crippen molar-refractivity contribution < 1.29 is 18.0 Å². The number of hydrogen-bond acceptors (Lipinski definition) is 2. The molecule has 3 nitrogen and oxygen atoms in total. The van der Waals surface area contributed by atoms with Crippen molar-refractivity contribution in [2.45, 2.75) is 75.8 Å². The number of alkyl halides is 3. The summed E-state index contributed by atoms with van der Waals surface area (Å²) in [7, 11) is 0. The Hall–Kier alpha value is -0.780. The van der Waals surface area contributed by atoms with Gasteiger partial charge in [0, 0.05) is 0 Å². The van der Waals surface area contributed by atoms with E-state index < -0.39 is 23.9 Å². The minimum atomic E-state index is -4.32. The van der Waals surface area contributed by atoms with Crippen LogP contribution in [0.15, 0.2) is 0 Å². The lowest BCUT2D eigenvalue weighted by atomic mass is 10.0. The first-order valence-corrected chi connectivity index (χ1v) is 7.56. The zero-order valence-corrected chi connectivity index (χ0v) is 11.7. The number of carbonyl (C=O) groups excluding carboxylic acids is 1. The summed E-state index contributed by atoms with van der Waals surface area (Å²) in [6.45, 7) is 1.85. The normalized spacial score (nSPS) is 34.0. The van der Waals surface area contributed by atoms with Crippen molar-refractivity contribution in [3.8, 4) is 0 Å². The molecule has 2 aliphatic carbocycles. The minimum absolute atomic E-state index is 0.0591. The van der Waals surface area contributed by atoms with Crippen LogP contribution in [-0.4, -0.2) is 34.7 Å². The Bertz CT molecular complexity index is 400. The highest BCUT2D eigenvalue weighted by Gasteiger charge is 2.71. The van der Waals surface area contributed by atoms with Gasteiger partial charge in [0.05, 0.1) is 12.2 Å². The monoisotopic (exact) mass is 290 g/mol. The smallest absolute Gasteiger partial charge is 0.311 e. The standard InChI is InChI=1S/C14H21F3N2O/c1-2-10-12(20)19(13(7-8-13)14(15,16)17)11(18-10)9-5-3-4-6-9/h9-11,18H,2-8H2,1H3. The number of hydrogen-bond donors (Lipinski definition) is 1. The molecule has 3 fully saturated rings. The van der Waals surface area contributed by atoms with Crippen LogP contribution in [0, 0.1) is 5.92 Å². The van der Waals surface area contributed by atoms with E-state index in [0.29, 0.717) is 6.42 Å². The second-order valence-corrected chi connectivity index (χ2v) is 6.35. The predicted octanol–water partition coefficient (Wildman–Crippen LogP) is 2.81. The summed E-state index contributed by atoms with van der Waals surface area (Å²) in [5.74, 6) is -0.172. The molecule has 20 heavy (non-hydrogen) atoms. The quantitative estimate of drug-likeness (QED) is 0.867. The molecule has 2 saturated carbocycles. The number of nitrogens with one attached hydrogen (secondary N) is 1. The highest BCUT2D eigenvalue weighted by atomic mass is 19.4. The Morgan fingerprint density at radius 2 is 1.90 bits per heavy atom. The molecule has 0 radical (unpaired) electrons. The summed E-state index contributed by atoms with van der Waals surface area (Å²) < 4.78 is 40.2. The van der Waals surface area contributed by atoms with Crippen LogP contribution in [-0.2, 0) is 4.79 Å². The van der Waals surface area contributed by atoms with Gasteiger partial charge < -0.3 is 4.90 Å². The maximum atomic E-state index is 13.4. The average molecular weight is 290 g/mol. The van der Waals surface area contributed by atoms with Crippen LogP contribution >= 0.6 is 0 Å². The fourth-order valence-electron chi connectivity index (χ4n) is 3.83. The molecule has 1 N–H and O–H groups in total.